The number of benzene rings is 2. The zero-order chi connectivity index (χ0) is 18.1. The number of fused-ring (bicyclic) bond motifs is 1. The third kappa shape index (κ3) is 2.95. The van der Waals surface area contributed by atoms with E-state index >= 15 is 0 Å². The van der Waals surface area contributed by atoms with Crippen LogP contribution < -0.4 is 10.6 Å². The number of carbonyl (C=O) groups is 2. The van der Waals surface area contributed by atoms with Gasteiger partial charge in [0.05, 0.1) is 12.6 Å². The predicted octanol–water partition coefficient (Wildman–Crippen LogP) is 3.21. The summed E-state index contributed by atoms with van der Waals surface area (Å²) in [6, 6.07) is 14.3. The van der Waals surface area contributed by atoms with Gasteiger partial charge in [-0.05, 0) is 23.8 Å². The summed E-state index contributed by atoms with van der Waals surface area (Å²) in [6.07, 6.45) is 1.59. The molecule has 0 aliphatic carbocycles. The number of anilines is 2. The van der Waals surface area contributed by atoms with E-state index in [0.29, 0.717) is 11.5 Å². The number of nitrogens with zero attached hydrogens (tertiary/aromatic N) is 2. The lowest BCUT2D eigenvalue weighted by Gasteiger charge is -2.24. The number of halogens is 1. The Balaban J connectivity index is 1.66. The van der Waals surface area contributed by atoms with Crippen molar-refractivity contribution in [1.29, 1.82) is 0 Å². The summed E-state index contributed by atoms with van der Waals surface area (Å²) in [5, 5.41) is 9.73. The van der Waals surface area contributed by atoms with Crippen LogP contribution in [0.2, 0.25) is 0 Å². The molecule has 1 aliphatic heterocycles. The Bertz CT molecular complexity index is 984. The molecule has 1 aliphatic rings. The minimum absolute atomic E-state index is 0.0376. The first-order valence-electron chi connectivity index (χ1n) is 8.11. The molecule has 2 aromatic carbocycles. The summed E-state index contributed by atoms with van der Waals surface area (Å²) >= 11 is 0. The fourth-order valence-electron chi connectivity index (χ4n) is 2.99. The second kappa shape index (κ2) is 6.44. The largest absolute Gasteiger partial charge is 0.324 e. The van der Waals surface area contributed by atoms with Crippen molar-refractivity contribution in [2.45, 2.75) is 12.5 Å². The fraction of sp³-hybridized carbons (Fsp3) is 0.105. The Kier molecular flexibility index (Phi) is 3.96. The lowest BCUT2D eigenvalue weighted by atomic mass is 10.1. The first-order valence-corrected chi connectivity index (χ1v) is 8.11. The highest BCUT2D eigenvalue weighted by atomic mass is 19.1. The lowest BCUT2D eigenvalue weighted by molar-refractivity contribution is -0.125. The Morgan fingerprint density at radius 3 is 2.77 bits per heavy atom. The van der Waals surface area contributed by atoms with Crippen LogP contribution in [0.3, 0.4) is 0 Å². The molecule has 1 unspecified atom stereocenters. The van der Waals surface area contributed by atoms with Crippen LogP contribution in [0.1, 0.15) is 12.5 Å². The van der Waals surface area contributed by atoms with Crippen molar-refractivity contribution in [3.63, 3.8) is 0 Å². The highest BCUT2D eigenvalue weighted by molar-refractivity contribution is 6.03. The summed E-state index contributed by atoms with van der Waals surface area (Å²) in [5.41, 5.74) is 1.96. The zero-order valence-corrected chi connectivity index (χ0v) is 13.6. The van der Waals surface area contributed by atoms with Gasteiger partial charge < -0.3 is 10.6 Å². The molecule has 7 heteroatoms. The number of hydrogen-bond acceptors (Lipinski definition) is 3. The smallest absolute Gasteiger partial charge is 0.249 e. The van der Waals surface area contributed by atoms with E-state index in [4.69, 9.17) is 0 Å². The SMILES string of the molecule is O=C1CC(C(=O)Nc2cccc(F)c2)n2ncc(-c3ccccc3)c2N1. The molecule has 0 spiro atoms. The molecule has 26 heavy (non-hydrogen) atoms. The van der Waals surface area contributed by atoms with Crippen molar-refractivity contribution in [2.24, 2.45) is 0 Å². The molecule has 3 aromatic rings. The van der Waals surface area contributed by atoms with Gasteiger partial charge in [-0.2, -0.15) is 5.10 Å². The van der Waals surface area contributed by atoms with Gasteiger partial charge in [-0.25, -0.2) is 9.07 Å². The van der Waals surface area contributed by atoms with Gasteiger partial charge in [0.15, 0.2) is 0 Å². The normalized spacial score (nSPS) is 15.9. The van der Waals surface area contributed by atoms with E-state index in [-0.39, 0.29) is 12.3 Å². The minimum Gasteiger partial charge on any atom is -0.324 e. The Morgan fingerprint density at radius 2 is 2.00 bits per heavy atom. The first-order chi connectivity index (χ1) is 12.6. The number of aromatic nitrogens is 2. The van der Waals surface area contributed by atoms with Crippen LogP contribution in [-0.4, -0.2) is 21.6 Å². The van der Waals surface area contributed by atoms with Crippen LogP contribution in [0.4, 0.5) is 15.9 Å². The van der Waals surface area contributed by atoms with Crippen molar-refractivity contribution < 1.29 is 14.0 Å². The van der Waals surface area contributed by atoms with Crippen LogP contribution in [0.5, 0.6) is 0 Å². The average molecular weight is 350 g/mol. The molecule has 0 bridgehead atoms. The molecule has 0 radical (unpaired) electrons. The zero-order valence-electron chi connectivity index (χ0n) is 13.6. The molecule has 130 valence electrons. The predicted molar refractivity (Wildman–Crippen MR) is 95.0 cm³/mol. The van der Waals surface area contributed by atoms with Gasteiger partial charge in [0, 0.05) is 11.3 Å². The van der Waals surface area contributed by atoms with Crippen molar-refractivity contribution >= 4 is 23.3 Å². The Morgan fingerprint density at radius 1 is 1.19 bits per heavy atom. The highest BCUT2D eigenvalue weighted by Gasteiger charge is 2.33. The molecule has 0 saturated heterocycles. The van der Waals surface area contributed by atoms with Crippen molar-refractivity contribution in [3.8, 4) is 11.1 Å². The summed E-state index contributed by atoms with van der Waals surface area (Å²) in [6.45, 7) is 0. The Hall–Kier alpha value is -3.48. The molecule has 0 saturated carbocycles. The molecular formula is C19H15FN4O2. The molecule has 2 heterocycles. The number of carbonyl (C=O) groups excluding carboxylic acids is 2. The van der Waals surface area contributed by atoms with Crippen LogP contribution in [0.15, 0.2) is 60.8 Å². The minimum atomic E-state index is -0.806. The van der Waals surface area contributed by atoms with Gasteiger partial charge in [0.25, 0.3) is 0 Å². The van der Waals surface area contributed by atoms with Crippen molar-refractivity contribution in [2.75, 3.05) is 10.6 Å². The van der Waals surface area contributed by atoms with Crippen LogP contribution in [0, 0.1) is 5.82 Å². The van der Waals surface area contributed by atoms with Gasteiger partial charge in [0.1, 0.15) is 17.7 Å². The maximum absolute atomic E-state index is 13.3. The number of rotatable bonds is 3. The monoisotopic (exact) mass is 350 g/mol. The second-order valence-corrected chi connectivity index (χ2v) is 5.99. The summed E-state index contributed by atoms with van der Waals surface area (Å²) in [7, 11) is 0. The topological polar surface area (TPSA) is 76.0 Å². The molecule has 0 fully saturated rings. The van der Waals surface area contributed by atoms with Crippen molar-refractivity contribution in [3.05, 3.63) is 66.6 Å². The van der Waals surface area contributed by atoms with E-state index in [0.717, 1.165) is 11.1 Å². The van der Waals surface area contributed by atoms with E-state index in [1.165, 1.54) is 22.9 Å². The summed E-state index contributed by atoms with van der Waals surface area (Å²) in [5.74, 6) is -0.661. The average Bonchev–Trinajstić information content (AvgIpc) is 3.05. The van der Waals surface area contributed by atoms with E-state index in [9.17, 15) is 14.0 Å². The third-order valence-corrected chi connectivity index (χ3v) is 4.21. The van der Waals surface area contributed by atoms with Gasteiger partial charge in [-0.1, -0.05) is 36.4 Å². The quantitative estimate of drug-likeness (QED) is 0.762. The maximum atomic E-state index is 13.3. The molecular weight excluding hydrogens is 335 g/mol. The number of nitrogens with one attached hydrogen (secondary N) is 2. The van der Waals surface area contributed by atoms with E-state index in [1.807, 2.05) is 30.3 Å². The van der Waals surface area contributed by atoms with Gasteiger partial charge >= 0.3 is 0 Å². The molecule has 1 atom stereocenters. The van der Waals surface area contributed by atoms with Gasteiger partial charge in [0.2, 0.25) is 11.8 Å². The summed E-state index contributed by atoms with van der Waals surface area (Å²) < 4.78 is 14.8. The maximum Gasteiger partial charge on any atom is 0.249 e. The number of amides is 2. The van der Waals surface area contributed by atoms with Crippen molar-refractivity contribution in [1.82, 2.24) is 9.78 Å². The lowest BCUT2D eigenvalue weighted by Crippen LogP contribution is -2.35. The van der Waals surface area contributed by atoms with Crippen LogP contribution >= 0.6 is 0 Å². The first kappa shape index (κ1) is 16.0. The fourth-order valence-corrected chi connectivity index (χ4v) is 2.99. The molecule has 2 N–H and O–H groups in total. The second-order valence-electron chi connectivity index (χ2n) is 5.99. The van der Waals surface area contributed by atoms with E-state index < -0.39 is 17.8 Å². The molecule has 6 nitrogen and oxygen atoms in total. The molecule has 4 rings (SSSR count). The number of hydrogen-bond donors (Lipinski definition) is 2. The third-order valence-electron chi connectivity index (χ3n) is 4.21. The highest BCUT2D eigenvalue weighted by Crippen LogP contribution is 2.34. The van der Waals surface area contributed by atoms with Crippen LogP contribution in [0.25, 0.3) is 11.1 Å². The van der Waals surface area contributed by atoms with E-state index in [1.54, 1.807) is 12.3 Å². The van der Waals surface area contributed by atoms with Gasteiger partial charge in [-0.3, -0.25) is 9.59 Å². The summed E-state index contributed by atoms with van der Waals surface area (Å²) in [4.78, 5) is 24.8. The van der Waals surface area contributed by atoms with Crippen LogP contribution in [-0.2, 0) is 9.59 Å². The van der Waals surface area contributed by atoms with E-state index in [2.05, 4.69) is 15.7 Å². The molecule has 2 amide bonds. The standard InChI is InChI=1S/C19H15FN4O2/c20-13-7-4-8-14(9-13)22-19(26)16-10-17(25)23-18-15(11-21-24(16)18)12-5-2-1-3-6-12/h1-9,11,16H,10H2,(H,22,26)(H,23,25). The Labute approximate surface area is 148 Å². The van der Waals surface area contributed by atoms with Gasteiger partial charge in [-0.15, -0.1) is 0 Å². The molecule has 1 aromatic heterocycles.